The lowest BCUT2D eigenvalue weighted by Crippen LogP contribution is -2.00. The van der Waals surface area contributed by atoms with E-state index in [9.17, 15) is 0 Å². The zero-order valence-electron chi connectivity index (χ0n) is 30.4. The molecule has 12 aromatic rings. The van der Waals surface area contributed by atoms with Gasteiger partial charge in [0, 0.05) is 52.8 Å². The lowest BCUT2D eigenvalue weighted by atomic mass is 10.0. The van der Waals surface area contributed by atoms with Crippen molar-refractivity contribution in [1.82, 2.24) is 19.5 Å². The lowest BCUT2D eigenvalue weighted by molar-refractivity contribution is 0.667. The maximum Gasteiger partial charge on any atom is 0.167 e. The Morgan fingerprint density at radius 3 is 1.81 bits per heavy atom. The maximum atomic E-state index is 7.07. The molecule has 266 valence electrons. The fourth-order valence-electron chi connectivity index (χ4n) is 8.46. The van der Waals surface area contributed by atoms with Crippen LogP contribution < -0.4 is 0 Å². The fourth-order valence-corrected chi connectivity index (χ4v) is 9.67. The molecule has 0 spiro atoms. The second-order valence-electron chi connectivity index (χ2n) is 14.3. The average Bonchev–Trinajstić information content (AvgIpc) is 3.96. The molecule has 0 unspecified atom stereocenters. The lowest BCUT2D eigenvalue weighted by Gasteiger charge is -2.09. The van der Waals surface area contributed by atoms with Crippen LogP contribution >= 0.6 is 11.3 Å². The normalized spacial score (nSPS) is 11.9. The van der Waals surface area contributed by atoms with Gasteiger partial charge >= 0.3 is 0 Å². The molecule has 0 aliphatic carbocycles. The van der Waals surface area contributed by atoms with E-state index in [1.54, 1.807) is 11.3 Å². The van der Waals surface area contributed by atoms with Crippen LogP contribution in [0.5, 0.6) is 0 Å². The van der Waals surface area contributed by atoms with E-state index in [4.69, 9.17) is 19.4 Å². The van der Waals surface area contributed by atoms with Crippen molar-refractivity contribution in [3.63, 3.8) is 0 Å². The van der Waals surface area contributed by atoms with Gasteiger partial charge in [-0.25, -0.2) is 15.0 Å². The van der Waals surface area contributed by atoms with Crippen molar-refractivity contribution < 1.29 is 4.42 Å². The van der Waals surface area contributed by atoms with Crippen molar-refractivity contribution in [3.05, 3.63) is 182 Å². The highest BCUT2D eigenvalue weighted by Crippen LogP contribution is 2.43. The van der Waals surface area contributed by atoms with Gasteiger partial charge in [-0.3, -0.25) is 0 Å². The third-order valence-electron chi connectivity index (χ3n) is 11.1. The summed E-state index contributed by atoms with van der Waals surface area (Å²) in [6, 6.07) is 63.7. The summed E-state index contributed by atoms with van der Waals surface area (Å²) in [7, 11) is 0. The molecule has 4 heterocycles. The van der Waals surface area contributed by atoms with Crippen LogP contribution in [0.4, 0.5) is 0 Å². The molecule has 12 rings (SSSR count). The van der Waals surface area contributed by atoms with Crippen molar-refractivity contribution in [1.29, 1.82) is 0 Å². The minimum absolute atomic E-state index is 0.563. The van der Waals surface area contributed by atoms with Gasteiger partial charge in [0.25, 0.3) is 0 Å². The quantitative estimate of drug-likeness (QED) is 0.176. The topological polar surface area (TPSA) is 56.7 Å². The molecule has 0 aliphatic rings. The van der Waals surface area contributed by atoms with Gasteiger partial charge in [0.05, 0.1) is 22.3 Å². The third kappa shape index (κ3) is 4.98. The smallest absolute Gasteiger partial charge is 0.167 e. The zero-order chi connectivity index (χ0) is 37.5. The van der Waals surface area contributed by atoms with Crippen LogP contribution in [0.2, 0.25) is 0 Å². The standard InChI is InChI=1S/C51H30N4OS/c1-3-14-31(15-4-1)33-28-29-43-41(30-33)34-18-7-9-25-42(34)55(43)44-26-13-21-37-36-20-11-23-39(46(36)56-47(37)44)50-52-49(32-16-5-2-6-17-32)53-51(54-50)40-24-12-22-38-35-19-8-10-27-45(35)57-48(38)40/h1-30H. The SMILES string of the molecule is c1ccc(-c2ccc3c(c2)c2ccccc2n3-c2cccc3c2oc2c(-c4nc(-c5ccccc5)nc(-c5cccc6c5sc5ccccc56)n4)cccc23)cc1. The molecule has 0 radical (unpaired) electrons. The number of furan rings is 1. The maximum absolute atomic E-state index is 7.07. The van der Waals surface area contributed by atoms with Crippen LogP contribution in [0.1, 0.15) is 0 Å². The molecule has 0 saturated heterocycles. The number of aromatic nitrogens is 4. The monoisotopic (exact) mass is 746 g/mol. The molecule has 5 nitrogen and oxygen atoms in total. The Bertz CT molecular complexity index is 3530. The van der Waals surface area contributed by atoms with Crippen LogP contribution in [0, 0.1) is 0 Å². The molecule has 0 atom stereocenters. The Balaban J connectivity index is 1.08. The van der Waals surface area contributed by atoms with Crippen LogP contribution in [0.25, 0.3) is 115 Å². The van der Waals surface area contributed by atoms with Crippen molar-refractivity contribution in [3.8, 4) is 51.0 Å². The first-order valence-electron chi connectivity index (χ1n) is 19.0. The van der Waals surface area contributed by atoms with Gasteiger partial charge < -0.3 is 8.98 Å². The Labute approximate surface area is 330 Å². The molecular formula is C51H30N4OS. The minimum atomic E-state index is 0.563. The number of benzene rings is 8. The summed E-state index contributed by atoms with van der Waals surface area (Å²) in [5.41, 5.74) is 9.87. The van der Waals surface area contributed by atoms with Crippen molar-refractivity contribution in [2.75, 3.05) is 0 Å². The number of para-hydroxylation sites is 3. The molecule has 0 N–H and O–H groups in total. The molecule has 0 fully saturated rings. The first-order valence-corrected chi connectivity index (χ1v) is 19.8. The van der Waals surface area contributed by atoms with E-state index in [0.29, 0.717) is 17.5 Å². The number of fused-ring (bicyclic) bond motifs is 9. The molecule has 0 saturated carbocycles. The molecule has 6 heteroatoms. The molecular weight excluding hydrogens is 717 g/mol. The van der Waals surface area contributed by atoms with E-state index in [1.165, 1.54) is 37.4 Å². The average molecular weight is 747 g/mol. The van der Waals surface area contributed by atoms with E-state index in [1.807, 2.05) is 30.3 Å². The molecule has 8 aromatic carbocycles. The number of nitrogens with zero attached hydrogens (tertiary/aromatic N) is 4. The summed E-state index contributed by atoms with van der Waals surface area (Å²) < 4.78 is 11.8. The number of thiophene rings is 1. The van der Waals surface area contributed by atoms with E-state index < -0.39 is 0 Å². The predicted molar refractivity (Wildman–Crippen MR) is 236 cm³/mol. The number of rotatable bonds is 5. The minimum Gasteiger partial charge on any atom is -0.453 e. The van der Waals surface area contributed by atoms with Crippen LogP contribution in [0.3, 0.4) is 0 Å². The van der Waals surface area contributed by atoms with Crippen molar-refractivity contribution in [2.24, 2.45) is 0 Å². The summed E-state index contributed by atoms with van der Waals surface area (Å²) in [5, 5.41) is 6.86. The van der Waals surface area contributed by atoms with Gasteiger partial charge in [-0.2, -0.15) is 0 Å². The van der Waals surface area contributed by atoms with E-state index in [2.05, 4.69) is 156 Å². The van der Waals surface area contributed by atoms with Crippen molar-refractivity contribution in [2.45, 2.75) is 0 Å². The molecule has 0 bridgehead atoms. The molecule has 57 heavy (non-hydrogen) atoms. The van der Waals surface area contributed by atoms with Gasteiger partial charge in [-0.1, -0.05) is 140 Å². The highest BCUT2D eigenvalue weighted by Gasteiger charge is 2.22. The van der Waals surface area contributed by atoms with E-state index in [0.717, 1.165) is 60.0 Å². The Hall–Kier alpha value is -7.41. The van der Waals surface area contributed by atoms with Crippen LogP contribution in [0.15, 0.2) is 186 Å². The largest absolute Gasteiger partial charge is 0.453 e. The number of hydrogen-bond acceptors (Lipinski definition) is 5. The van der Waals surface area contributed by atoms with E-state index >= 15 is 0 Å². The van der Waals surface area contributed by atoms with Gasteiger partial charge in [-0.15, -0.1) is 11.3 Å². The number of hydrogen-bond donors (Lipinski definition) is 0. The van der Waals surface area contributed by atoms with E-state index in [-0.39, 0.29) is 0 Å². The highest BCUT2D eigenvalue weighted by atomic mass is 32.1. The second-order valence-corrected chi connectivity index (χ2v) is 15.4. The summed E-state index contributed by atoms with van der Waals surface area (Å²) in [6.45, 7) is 0. The van der Waals surface area contributed by atoms with Gasteiger partial charge in [0.15, 0.2) is 23.1 Å². The Morgan fingerprint density at radius 2 is 0.982 bits per heavy atom. The molecule has 0 aliphatic heterocycles. The predicted octanol–water partition coefficient (Wildman–Crippen LogP) is 13.9. The summed E-state index contributed by atoms with van der Waals surface area (Å²) >= 11 is 1.77. The zero-order valence-corrected chi connectivity index (χ0v) is 31.2. The van der Waals surface area contributed by atoms with Crippen molar-refractivity contribution >= 4 is 75.3 Å². The van der Waals surface area contributed by atoms with Crippen LogP contribution in [-0.2, 0) is 0 Å². The Kier molecular flexibility index (Phi) is 7.03. The van der Waals surface area contributed by atoms with Gasteiger partial charge in [-0.05, 0) is 53.6 Å². The second kappa shape index (κ2) is 12.6. The Morgan fingerprint density at radius 1 is 0.386 bits per heavy atom. The van der Waals surface area contributed by atoms with Gasteiger partial charge in [0.2, 0.25) is 0 Å². The summed E-state index contributed by atoms with van der Waals surface area (Å²) in [6.07, 6.45) is 0. The first-order chi connectivity index (χ1) is 28.3. The first kappa shape index (κ1) is 31.9. The summed E-state index contributed by atoms with van der Waals surface area (Å²) in [5.74, 6) is 1.81. The third-order valence-corrected chi connectivity index (χ3v) is 12.3. The van der Waals surface area contributed by atoms with Gasteiger partial charge in [0.1, 0.15) is 5.58 Å². The fraction of sp³-hybridized carbons (Fsp3) is 0. The molecule has 0 amide bonds. The van der Waals surface area contributed by atoms with Crippen LogP contribution in [-0.4, -0.2) is 19.5 Å². The summed E-state index contributed by atoms with van der Waals surface area (Å²) in [4.78, 5) is 15.5. The highest BCUT2D eigenvalue weighted by molar-refractivity contribution is 7.26. The molecule has 4 aromatic heterocycles.